The minimum Gasteiger partial charge on any atom is -0.508 e. The highest BCUT2D eigenvalue weighted by Gasteiger charge is 2.14. The van der Waals surface area contributed by atoms with Crippen LogP contribution in [0.1, 0.15) is 15.9 Å². The fraction of sp³-hybridized carbons (Fsp3) is 0.0435. The third-order valence-corrected chi connectivity index (χ3v) is 4.54. The van der Waals surface area contributed by atoms with E-state index < -0.39 is 5.91 Å². The molecule has 4 rings (SSSR count). The van der Waals surface area contributed by atoms with Gasteiger partial charge < -0.3 is 19.4 Å². The third-order valence-electron chi connectivity index (χ3n) is 4.54. The van der Waals surface area contributed by atoms with Crippen molar-refractivity contribution in [2.24, 2.45) is 5.10 Å². The number of nitrogens with zero attached hydrogens (tertiary/aromatic N) is 3. The van der Waals surface area contributed by atoms with E-state index in [1.165, 1.54) is 24.4 Å². The van der Waals surface area contributed by atoms with Crippen molar-refractivity contribution >= 4 is 12.1 Å². The van der Waals surface area contributed by atoms with Crippen molar-refractivity contribution in [1.29, 1.82) is 0 Å². The number of carbonyl (C=O) groups is 1. The van der Waals surface area contributed by atoms with Gasteiger partial charge in [0.1, 0.15) is 17.2 Å². The second kappa shape index (κ2) is 9.00. The lowest BCUT2D eigenvalue weighted by Gasteiger charge is -2.03. The SMILES string of the molecule is COc1ccccc1-c1nnc(-c2ccc(C(=O)N/N=C/c3ccc(O)cc3O)cc2)o1. The fourth-order valence-corrected chi connectivity index (χ4v) is 2.90. The summed E-state index contributed by atoms with van der Waals surface area (Å²) in [6, 6.07) is 17.9. The Morgan fingerprint density at radius 3 is 2.53 bits per heavy atom. The number of hydrogen-bond acceptors (Lipinski definition) is 8. The molecule has 3 aromatic carbocycles. The molecule has 0 fully saturated rings. The van der Waals surface area contributed by atoms with Gasteiger partial charge in [-0.2, -0.15) is 5.10 Å². The predicted molar refractivity (Wildman–Crippen MR) is 117 cm³/mol. The minimum atomic E-state index is -0.439. The Morgan fingerprint density at radius 2 is 1.78 bits per heavy atom. The zero-order valence-electron chi connectivity index (χ0n) is 16.9. The summed E-state index contributed by atoms with van der Waals surface area (Å²) in [5.41, 5.74) is 4.42. The number of phenolic OH excluding ortho intramolecular Hbond substituents is 2. The quantitative estimate of drug-likeness (QED) is 0.315. The summed E-state index contributed by atoms with van der Waals surface area (Å²) in [4.78, 5) is 12.3. The van der Waals surface area contributed by atoms with E-state index in [-0.39, 0.29) is 11.5 Å². The van der Waals surface area contributed by atoms with Crippen LogP contribution in [0.25, 0.3) is 22.9 Å². The van der Waals surface area contributed by atoms with Crippen LogP contribution < -0.4 is 10.2 Å². The number of amides is 1. The first kappa shape index (κ1) is 20.6. The van der Waals surface area contributed by atoms with Gasteiger partial charge in [0.15, 0.2) is 0 Å². The van der Waals surface area contributed by atoms with E-state index >= 15 is 0 Å². The molecule has 160 valence electrons. The Bertz CT molecular complexity index is 1280. The van der Waals surface area contributed by atoms with Crippen molar-refractivity contribution in [2.75, 3.05) is 7.11 Å². The predicted octanol–water partition coefficient (Wildman–Crippen LogP) is 3.59. The maximum Gasteiger partial charge on any atom is 0.271 e. The van der Waals surface area contributed by atoms with Crippen LogP contribution in [0.3, 0.4) is 0 Å². The van der Waals surface area contributed by atoms with E-state index in [4.69, 9.17) is 9.15 Å². The molecule has 9 nitrogen and oxygen atoms in total. The summed E-state index contributed by atoms with van der Waals surface area (Å²) in [5, 5.41) is 31.0. The molecule has 0 saturated carbocycles. The molecule has 0 spiro atoms. The Morgan fingerprint density at radius 1 is 1.03 bits per heavy atom. The van der Waals surface area contributed by atoms with Gasteiger partial charge in [-0.1, -0.05) is 12.1 Å². The highest BCUT2D eigenvalue weighted by atomic mass is 16.5. The summed E-state index contributed by atoms with van der Waals surface area (Å²) in [7, 11) is 1.57. The topological polar surface area (TPSA) is 130 Å². The maximum atomic E-state index is 12.3. The molecule has 0 bridgehead atoms. The molecule has 9 heteroatoms. The van der Waals surface area contributed by atoms with E-state index in [0.717, 1.165) is 0 Å². The van der Waals surface area contributed by atoms with Gasteiger partial charge in [-0.3, -0.25) is 4.79 Å². The number of aromatic hydroxyl groups is 2. The molecule has 0 unspecified atom stereocenters. The first-order valence-electron chi connectivity index (χ1n) is 9.48. The Kier molecular flexibility index (Phi) is 5.80. The second-order valence-electron chi connectivity index (χ2n) is 6.63. The highest BCUT2D eigenvalue weighted by molar-refractivity contribution is 5.95. The van der Waals surface area contributed by atoms with Crippen LogP contribution in [0, 0.1) is 0 Å². The molecular formula is C23H18N4O5. The van der Waals surface area contributed by atoms with Gasteiger partial charge >= 0.3 is 0 Å². The molecule has 0 aliphatic heterocycles. The first-order valence-corrected chi connectivity index (χ1v) is 9.48. The average molecular weight is 430 g/mol. The summed E-state index contributed by atoms with van der Waals surface area (Å²) in [5.74, 6) is 0.589. The van der Waals surface area contributed by atoms with E-state index in [1.54, 1.807) is 37.4 Å². The summed E-state index contributed by atoms with van der Waals surface area (Å²) >= 11 is 0. The van der Waals surface area contributed by atoms with Gasteiger partial charge in [-0.05, 0) is 48.5 Å². The normalized spacial score (nSPS) is 10.9. The van der Waals surface area contributed by atoms with Gasteiger partial charge in [0.25, 0.3) is 11.8 Å². The van der Waals surface area contributed by atoms with Crippen molar-refractivity contribution in [1.82, 2.24) is 15.6 Å². The zero-order chi connectivity index (χ0) is 22.5. The molecule has 0 aliphatic carbocycles. The lowest BCUT2D eigenvalue weighted by Crippen LogP contribution is -2.17. The van der Waals surface area contributed by atoms with E-state index in [9.17, 15) is 15.0 Å². The maximum absolute atomic E-state index is 12.3. The molecule has 3 N–H and O–H groups in total. The van der Waals surface area contributed by atoms with Crippen LogP contribution in [-0.4, -0.2) is 39.6 Å². The molecule has 0 atom stereocenters. The summed E-state index contributed by atoms with van der Waals surface area (Å²) in [6.07, 6.45) is 1.28. The summed E-state index contributed by atoms with van der Waals surface area (Å²) < 4.78 is 11.1. The third kappa shape index (κ3) is 4.41. The number of aromatic nitrogens is 2. The standard InChI is InChI=1S/C23H18N4O5/c1-31-20-5-3-2-4-18(20)23-27-26-22(32-23)15-8-6-14(7-9-15)21(30)25-24-13-16-10-11-17(28)12-19(16)29/h2-13,28-29H,1H3,(H,25,30)/b24-13+. The van der Waals surface area contributed by atoms with Crippen molar-refractivity contribution in [3.05, 3.63) is 77.9 Å². The molecular weight excluding hydrogens is 412 g/mol. The number of hydrogen-bond donors (Lipinski definition) is 3. The van der Waals surface area contributed by atoms with Gasteiger partial charge in [0.05, 0.1) is 18.9 Å². The fourth-order valence-electron chi connectivity index (χ4n) is 2.90. The molecule has 4 aromatic rings. The molecule has 1 heterocycles. The molecule has 0 radical (unpaired) electrons. The number of methoxy groups -OCH3 is 1. The van der Waals surface area contributed by atoms with Gasteiger partial charge in [-0.25, -0.2) is 5.43 Å². The minimum absolute atomic E-state index is 0.0694. The summed E-state index contributed by atoms with van der Waals surface area (Å²) in [6.45, 7) is 0. The lowest BCUT2D eigenvalue weighted by atomic mass is 10.1. The number of carbonyl (C=O) groups excluding carboxylic acids is 1. The van der Waals surface area contributed by atoms with Crippen LogP contribution in [-0.2, 0) is 0 Å². The lowest BCUT2D eigenvalue weighted by molar-refractivity contribution is 0.0955. The molecule has 1 amide bonds. The Hall–Kier alpha value is -4.66. The van der Waals surface area contributed by atoms with E-state index in [0.29, 0.717) is 39.8 Å². The number of benzene rings is 3. The molecule has 0 saturated heterocycles. The van der Waals surface area contributed by atoms with Crippen LogP contribution in [0.5, 0.6) is 17.2 Å². The first-order chi connectivity index (χ1) is 15.5. The number of hydrazone groups is 1. The van der Waals surface area contributed by atoms with Crippen molar-refractivity contribution in [2.45, 2.75) is 0 Å². The molecule has 0 aliphatic rings. The monoisotopic (exact) mass is 430 g/mol. The Balaban J connectivity index is 1.44. The molecule has 32 heavy (non-hydrogen) atoms. The largest absolute Gasteiger partial charge is 0.508 e. The Labute approximate surface area is 182 Å². The second-order valence-corrected chi connectivity index (χ2v) is 6.63. The van der Waals surface area contributed by atoms with Gasteiger partial charge in [0.2, 0.25) is 5.89 Å². The number of phenols is 2. The van der Waals surface area contributed by atoms with Crippen molar-refractivity contribution < 1.29 is 24.2 Å². The van der Waals surface area contributed by atoms with E-state index in [2.05, 4.69) is 20.7 Å². The number of nitrogens with one attached hydrogen (secondary N) is 1. The van der Waals surface area contributed by atoms with Crippen LogP contribution in [0.2, 0.25) is 0 Å². The van der Waals surface area contributed by atoms with Gasteiger partial charge in [-0.15, -0.1) is 10.2 Å². The number of rotatable bonds is 6. The number of para-hydroxylation sites is 1. The van der Waals surface area contributed by atoms with Crippen LogP contribution >= 0.6 is 0 Å². The smallest absolute Gasteiger partial charge is 0.271 e. The average Bonchev–Trinajstić information content (AvgIpc) is 3.30. The van der Waals surface area contributed by atoms with Crippen molar-refractivity contribution in [3.63, 3.8) is 0 Å². The molecule has 1 aromatic heterocycles. The van der Waals surface area contributed by atoms with E-state index in [1.807, 2.05) is 18.2 Å². The zero-order valence-corrected chi connectivity index (χ0v) is 16.9. The van der Waals surface area contributed by atoms with Crippen LogP contribution in [0.4, 0.5) is 0 Å². The number of ether oxygens (including phenoxy) is 1. The van der Waals surface area contributed by atoms with Crippen molar-refractivity contribution in [3.8, 4) is 40.2 Å². The van der Waals surface area contributed by atoms with Crippen LogP contribution in [0.15, 0.2) is 76.2 Å². The van der Waals surface area contributed by atoms with Gasteiger partial charge in [0, 0.05) is 22.8 Å². The highest BCUT2D eigenvalue weighted by Crippen LogP contribution is 2.30.